The molecule has 3 aromatic carbocycles. The summed E-state index contributed by atoms with van der Waals surface area (Å²) in [6.07, 6.45) is 0.412. The molecule has 3 aromatic rings. The second kappa shape index (κ2) is 7.56. The largest absolute Gasteiger partial charge is 0.497 e. The lowest BCUT2D eigenvalue weighted by atomic mass is 10.1. The second-order valence-electron chi connectivity index (χ2n) is 7.40. The third-order valence-electron chi connectivity index (χ3n) is 5.65. The van der Waals surface area contributed by atoms with Crippen LogP contribution >= 0.6 is 0 Å². The molecule has 0 heterocycles. The van der Waals surface area contributed by atoms with Gasteiger partial charge in [0.15, 0.2) is 23.8 Å². The van der Waals surface area contributed by atoms with Crippen molar-refractivity contribution >= 4 is 19.7 Å². The Balaban J connectivity index is 1.79. The quantitative estimate of drug-likeness (QED) is 0.555. The fourth-order valence-corrected chi connectivity index (χ4v) is 9.41. The third-order valence-corrected chi connectivity index (χ3v) is 11.6. The molecular weight excluding hydrogens is 420 g/mol. The molecule has 0 N–H and O–H groups in total. The molecule has 30 heavy (non-hydrogen) atoms. The van der Waals surface area contributed by atoms with Crippen molar-refractivity contribution in [1.82, 2.24) is 0 Å². The van der Waals surface area contributed by atoms with E-state index in [1.165, 1.54) is 24.3 Å². The lowest BCUT2D eigenvalue weighted by Crippen LogP contribution is -2.35. The van der Waals surface area contributed by atoms with Crippen molar-refractivity contribution in [3.8, 4) is 5.75 Å². The van der Waals surface area contributed by atoms with Crippen molar-refractivity contribution in [1.29, 1.82) is 0 Å². The van der Waals surface area contributed by atoms with Crippen molar-refractivity contribution in [3.63, 3.8) is 0 Å². The highest BCUT2D eigenvalue weighted by atomic mass is 32.3. The molecule has 0 bridgehead atoms. The molecule has 5 nitrogen and oxygen atoms in total. The lowest BCUT2D eigenvalue weighted by Gasteiger charge is -2.20. The van der Waals surface area contributed by atoms with Crippen LogP contribution in [0.1, 0.15) is 12.0 Å². The molecule has 1 atom stereocenters. The van der Waals surface area contributed by atoms with Crippen LogP contribution in [0.25, 0.3) is 0 Å². The maximum atomic E-state index is 13.6. The van der Waals surface area contributed by atoms with E-state index in [4.69, 9.17) is 4.74 Å². The summed E-state index contributed by atoms with van der Waals surface area (Å²) in [5.41, 5.74) is 0.870. The van der Waals surface area contributed by atoms with Crippen molar-refractivity contribution in [3.05, 3.63) is 90.5 Å². The van der Waals surface area contributed by atoms with Crippen molar-refractivity contribution in [2.24, 2.45) is 5.92 Å². The van der Waals surface area contributed by atoms with Gasteiger partial charge in [0.1, 0.15) is 5.75 Å². The van der Waals surface area contributed by atoms with E-state index in [2.05, 4.69) is 0 Å². The Morgan fingerprint density at radius 2 is 1.23 bits per heavy atom. The molecule has 156 valence electrons. The molecule has 1 aliphatic rings. The average Bonchev–Trinajstić information content (AvgIpc) is 3.52. The maximum absolute atomic E-state index is 13.6. The van der Waals surface area contributed by atoms with Crippen molar-refractivity contribution in [2.75, 3.05) is 7.11 Å². The second-order valence-corrected chi connectivity index (χ2v) is 12.1. The fourth-order valence-electron chi connectivity index (χ4n) is 3.96. The van der Waals surface area contributed by atoms with Gasteiger partial charge in [0, 0.05) is 5.92 Å². The SMILES string of the molecule is COc1ccc(CC2CC2(S(=O)(=O)c2ccccc2)S(=O)(=O)c2ccccc2)cc1. The van der Waals surface area contributed by atoms with Gasteiger partial charge >= 0.3 is 0 Å². The lowest BCUT2D eigenvalue weighted by molar-refractivity contribution is 0.414. The van der Waals surface area contributed by atoms with Gasteiger partial charge in [-0.15, -0.1) is 0 Å². The number of methoxy groups -OCH3 is 1. The number of hydrogen-bond acceptors (Lipinski definition) is 5. The standard InChI is InChI=1S/C23H22O5S2/c1-28-20-14-12-18(13-15-20)16-19-17-23(19,29(24,25)21-8-4-2-5-9-21)30(26,27)22-10-6-3-7-11-22/h2-15,19H,16-17H2,1H3. The van der Waals surface area contributed by atoms with Crippen LogP contribution < -0.4 is 4.74 Å². The normalized spacial score (nSPS) is 18.0. The van der Waals surface area contributed by atoms with Crippen LogP contribution in [0.2, 0.25) is 0 Å². The van der Waals surface area contributed by atoms with E-state index in [-0.39, 0.29) is 16.2 Å². The monoisotopic (exact) mass is 442 g/mol. The topological polar surface area (TPSA) is 77.5 Å². The number of ether oxygens (including phenoxy) is 1. The summed E-state index contributed by atoms with van der Waals surface area (Å²) >= 11 is 0. The third kappa shape index (κ3) is 3.22. The number of hydrogen-bond donors (Lipinski definition) is 0. The Hall–Kier alpha value is -2.64. The van der Waals surface area contributed by atoms with Gasteiger partial charge in [0.25, 0.3) is 0 Å². The van der Waals surface area contributed by atoms with Gasteiger partial charge in [-0.1, -0.05) is 48.5 Å². The molecule has 1 aliphatic carbocycles. The molecule has 1 unspecified atom stereocenters. The summed E-state index contributed by atoms with van der Waals surface area (Å²) in [6.45, 7) is 0. The molecule has 4 rings (SSSR count). The highest BCUT2D eigenvalue weighted by molar-refractivity contribution is 8.10. The van der Waals surface area contributed by atoms with Crippen LogP contribution in [0, 0.1) is 5.92 Å². The Bertz CT molecular complexity index is 1160. The first kappa shape index (κ1) is 20.6. The predicted molar refractivity (Wildman–Crippen MR) is 115 cm³/mol. The minimum atomic E-state index is -4.13. The van der Waals surface area contributed by atoms with Crippen molar-refractivity contribution in [2.45, 2.75) is 26.7 Å². The molecule has 7 heteroatoms. The fraction of sp³-hybridized carbons (Fsp3) is 0.217. The van der Waals surface area contributed by atoms with Gasteiger partial charge < -0.3 is 4.74 Å². The zero-order valence-electron chi connectivity index (χ0n) is 16.4. The number of rotatable bonds is 7. The summed E-state index contributed by atoms with van der Waals surface area (Å²) in [6, 6.07) is 22.9. The minimum absolute atomic E-state index is 0.0294. The van der Waals surface area contributed by atoms with Gasteiger partial charge in [0.05, 0.1) is 16.9 Å². The first-order chi connectivity index (χ1) is 14.3. The van der Waals surface area contributed by atoms with Crippen LogP contribution in [0.15, 0.2) is 94.7 Å². The maximum Gasteiger partial charge on any atom is 0.199 e. The summed E-state index contributed by atoms with van der Waals surface area (Å²) in [5.74, 6) is 0.149. The Morgan fingerprint density at radius 3 is 1.67 bits per heavy atom. The van der Waals surface area contributed by atoms with Crippen LogP contribution in [-0.4, -0.2) is 28.0 Å². The Morgan fingerprint density at radius 1 is 0.767 bits per heavy atom. The van der Waals surface area contributed by atoms with Crippen molar-refractivity contribution < 1.29 is 21.6 Å². The minimum Gasteiger partial charge on any atom is -0.497 e. The average molecular weight is 443 g/mol. The molecular formula is C23H22O5S2. The van der Waals surface area contributed by atoms with Gasteiger partial charge in [-0.05, 0) is 54.8 Å². The van der Waals surface area contributed by atoms with E-state index in [1.807, 2.05) is 12.1 Å². The first-order valence-electron chi connectivity index (χ1n) is 9.55. The van der Waals surface area contributed by atoms with Gasteiger partial charge in [-0.2, -0.15) is 0 Å². The number of benzene rings is 3. The number of sulfone groups is 2. The zero-order valence-corrected chi connectivity index (χ0v) is 18.1. The molecule has 1 fully saturated rings. The van der Waals surface area contributed by atoms with Crippen LogP contribution in [0.4, 0.5) is 0 Å². The highest BCUT2D eigenvalue weighted by Gasteiger charge is 2.72. The summed E-state index contributed by atoms with van der Waals surface area (Å²) in [4.78, 5) is 0.0588. The van der Waals surface area contributed by atoms with Gasteiger partial charge in [0.2, 0.25) is 0 Å². The van der Waals surface area contributed by atoms with Gasteiger partial charge in [-0.25, -0.2) is 16.8 Å². The van der Waals surface area contributed by atoms with E-state index in [9.17, 15) is 16.8 Å². The van der Waals surface area contributed by atoms with Gasteiger partial charge in [-0.3, -0.25) is 0 Å². The smallest absolute Gasteiger partial charge is 0.199 e. The molecule has 1 saturated carbocycles. The van der Waals surface area contributed by atoms with Crippen LogP contribution in [0.5, 0.6) is 5.75 Å². The summed E-state index contributed by atoms with van der Waals surface area (Å²) in [7, 11) is -6.69. The van der Waals surface area contributed by atoms with Crippen LogP contribution in [0.3, 0.4) is 0 Å². The molecule has 0 aromatic heterocycles. The van der Waals surface area contributed by atoms with Crippen LogP contribution in [-0.2, 0) is 26.1 Å². The Labute approximate surface area is 177 Å². The summed E-state index contributed by atoms with van der Waals surface area (Å²) < 4.78 is 57.8. The molecule has 0 amide bonds. The molecule has 0 saturated heterocycles. The molecule has 0 spiro atoms. The van der Waals surface area contributed by atoms with E-state index >= 15 is 0 Å². The Kier molecular flexibility index (Phi) is 5.20. The van der Waals surface area contributed by atoms with E-state index in [0.29, 0.717) is 12.2 Å². The highest BCUT2D eigenvalue weighted by Crippen LogP contribution is 2.59. The molecule has 0 aliphatic heterocycles. The van der Waals surface area contributed by atoms with E-state index in [1.54, 1.807) is 55.6 Å². The van der Waals surface area contributed by atoms with E-state index in [0.717, 1.165) is 5.56 Å². The zero-order chi connectivity index (χ0) is 21.4. The first-order valence-corrected chi connectivity index (χ1v) is 12.5. The molecule has 0 radical (unpaired) electrons. The predicted octanol–water partition coefficient (Wildman–Crippen LogP) is 3.90. The van der Waals surface area contributed by atoms with E-state index < -0.39 is 29.7 Å². The summed E-state index contributed by atoms with van der Waals surface area (Å²) in [5, 5.41) is 0.